The van der Waals surface area contributed by atoms with E-state index < -0.39 is 5.92 Å². The van der Waals surface area contributed by atoms with Crippen molar-refractivity contribution in [2.45, 2.75) is 18.8 Å². The van der Waals surface area contributed by atoms with E-state index in [-0.39, 0.29) is 5.92 Å². The molecule has 5 heteroatoms. The maximum absolute atomic E-state index is 10.1. The van der Waals surface area contributed by atoms with Crippen LogP contribution in [0, 0.1) is 17.2 Å². The number of H-pyrrole nitrogens is 1. The molecule has 2 aliphatic rings. The number of aliphatic imine (C=N–C) groups is 1. The van der Waals surface area contributed by atoms with Gasteiger partial charge in [0, 0.05) is 17.0 Å². The Labute approximate surface area is 157 Å². The molecule has 0 amide bonds. The summed E-state index contributed by atoms with van der Waals surface area (Å²) in [4.78, 5) is 4.75. The predicted octanol–water partition coefficient (Wildman–Crippen LogP) is 4.14. The standard InChI is InChI=1S/C22H18N4O/c23-12-17-19(16-10-4-8-15-9-5-11-27-21(15)16)18-13-24-26-22(18)25-20(17)14-6-2-1-3-7-14/h1-4,6-8,10,13,17,19H,5,9,11H2,(H,24,26). The van der Waals surface area contributed by atoms with Crippen LogP contribution in [0.5, 0.6) is 5.75 Å². The van der Waals surface area contributed by atoms with Gasteiger partial charge in [0.25, 0.3) is 0 Å². The van der Waals surface area contributed by atoms with Gasteiger partial charge >= 0.3 is 0 Å². The van der Waals surface area contributed by atoms with Gasteiger partial charge in [-0.25, -0.2) is 4.99 Å². The second-order valence-corrected chi connectivity index (χ2v) is 6.91. The summed E-state index contributed by atoms with van der Waals surface area (Å²) in [6, 6.07) is 18.7. The van der Waals surface area contributed by atoms with E-state index in [1.54, 1.807) is 6.20 Å². The average molecular weight is 354 g/mol. The van der Waals surface area contributed by atoms with Gasteiger partial charge in [-0.3, -0.25) is 5.10 Å². The van der Waals surface area contributed by atoms with Gasteiger partial charge in [0.05, 0.1) is 24.6 Å². The second kappa shape index (κ2) is 6.40. The van der Waals surface area contributed by atoms with Gasteiger partial charge in [-0.2, -0.15) is 10.4 Å². The SMILES string of the molecule is N#CC1C(c2ccccc2)=Nc2[nH]ncc2C1c1cccc2c1OCCC2. The van der Waals surface area contributed by atoms with Gasteiger partial charge in [-0.15, -0.1) is 0 Å². The van der Waals surface area contributed by atoms with Gasteiger partial charge < -0.3 is 4.74 Å². The van der Waals surface area contributed by atoms with Crippen molar-refractivity contribution in [3.63, 3.8) is 0 Å². The third-order valence-corrected chi connectivity index (χ3v) is 5.35. The van der Waals surface area contributed by atoms with Gasteiger partial charge in [0.15, 0.2) is 5.82 Å². The highest BCUT2D eigenvalue weighted by atomic mass is 16.5. The lowest BCUT2D eigenvalue weighted by Gasteiger charge is -2.30. The number of ether oxygens (including phenoxy) is 1. The van der Waals surface area contributed by atoms with E-state index in [9.17, 15) is 5.26 Å². The summed E-state index contributed by atoms with van der Waals surface area (Å²) in [5, 5.41) is 17.3. The van der Waals surface area contributed by atoms with Crippen LogP contribution >= 0.6 is 0 Å². The van der Waals surface area contributed by atoms with Gasteiger partial charge in [0.1, 0.15) is 11.7 Å². The monoisotopic (exact) mass is 354 g/mol. The number of aromatic nitrogens is 2. The van der Waals surface area contributed by atoms with Crippen LogP contribution in [-0.2, 0) is 6.42 Å². The zero-order chi connectivity index (χ0) is 18.2. The van der Waals surface area contributed by atoms with Crippen LogP contribution in [0.15, 0.2) is 59.7 Å². The van der Waals surface area contributed by atoms with Crippen molar-refractivity contribution in [3.05, 3.63) is 77.0 Å². The van der Waals surface area contributed by atoms with Crippen molar-refractivity contribution in [1.29, 1.82) is 5.26 Å². The summed E-state index contributed by atoms with van der Waals surface area (Å²) in [7, 11) is 0. The maximum Gasteiger partial charge on any atom is 0.152 e. The first-order valence-corrected chi connectivity index (χ1v) is 9.18. The van der Waals surface area contributed by atoms with Crippen molar-refractivity contribution in [3.8, 4) is 11.8 Å². The molecule has 3 heterocycles. The molecule has 0 bridgehead atoms. The Morgan fingerprint density at radius 1 is 1.07 bits per heavy atom. The molecule has 0 fully saturated rings. The lowest BCUT2D eigenvalue weighted by atomic mass is 9.75. The van der Waals surface area contributed by atoms with Crippen molar-refractivity contribution >= 4 is 11.5 Å². The van der Waals surface area contributed by atoms with E-state index in [0.29, 0.717) is 6.61 Å². The molecule has 0 saturated heterocycles. The summed E-state index contributed by atoms with van der Waals surface area (Å²) < 4.78 is 6.05. The summed E-state index contributed by atoms with van der Waals surface area (Å²) >= 11 is 0. The fraction of sp³-hybridized carbons (Fsp3) is 0.227. The first kappa shape index (κ1) is 15.8. The lowest BCUT2D eigenvalue weighted by Crippen LogP contribution is -2.27. The number of nitrogens with one attached hydrogen (secondary N) is 1. The minimum atomic E-state index is -0.408. The molecular weight excluding hydrogens is 336 g/mol. The topological polar surface area (TPSA) is 74.1 Å². The van der Waals surface area contributed by atoms with E-state index in [4.69, 9.17) is 9.73 Å². The second-order valence-electron chi connectivity index (χ2n) is 6.91. The summed E-state index contributed by atoms with van der Waals surface area (Å²) in [5.74, 6) is 1.08. The molecule has 0 spiro atoms. The molecule has 2 aromatic carbocycles. The zero-order valence-corrected chi connectivity index (χ0v) is 14.7. The van der Waals surface area contributed by atoms with E-state index in [2.05, 4.69) is 34.5 Å². The van der Waals surface area contributed by atoms with Crippen LogP contribution in [0.25, 0.3) is 0 Å². The summed E-state index contributed by atoms with van der Waals surface area (Å²) in [5.41, 5.74) is 4.94. The Morgan fingerprint density at radius 3 is 2.81 bits per heavy atom. The Balaban J connectivity index is 1.71. The molecule has 1 N–H and O–H groups in total. The third kappa shape index (κ3) is 2.53. The minimum absolute atomic E-state index is 0.162. The van der Waals surface area contributed by atoms with E-state index in [0.717, 1.165) is 46.8 Å². The predicted molar refractivity (Wildman–Crippen MR) is 102 cm³/mol. The molecular formula is C22H18N4O. The van der Waals surface area contributed by atoms with Crippen molar-refractivity contribution < 1.29 is 4.74 Å². The number of para-hydroxylation sites is 1. The molecule has 27 heavy (non-hydrogen) atoms. The first-order chi connectivity index (χ1) is 13.4. The normalized spacial score (nSPS) is 20.6. The van der Waals surface area contributed by atoms with Crippen LogP contribution in [-0.4, -0.2) is 22.5 Å². The van der Waals surface area contributed by atoms with Crippen LogP contribution in [0.2, 0.25) is 0 Å². The molecule has 5 nitrogen and oxygen atoms in total. The molecule has 0 aliphatic carbocycles. The van der Waals surface area contributed by atoms with E-state index in [1.807, 2.05) is 30.3 Å². The number of fused-ring (bicyclic) bond motifs is 2. The molecule has 132 valence electrons. The van der Waals surface area contributed by atoms with Crippen LogP contribution in [0.3, 0.4) is 0 Å². The molecule has 2 unspecified atom stereocenters. The number of nitriles is 1. The average Bonchev–Trinajstić information content (AvgIpc) is 3.21. The van der Waals surface area contributed by atoms with E-state index >= 15 is 0 Å². The Kier molecular flexibility index (Phi) is 3.75. The Bertz CT molecular complexity index is 1060. The highest BCUT2D eigenvalue weighted by Gasteiger charge is 2.38. The maximum atomic E-state index is 10.1. The number of rotatable bonds is 2. The molecule has 0 saturated carbocycles. The lowest BCUT2D eigenvalue weighted by molar-refractivity contribution is 0.283. The molecule has 1 aromatic heterocycles. The highest BCUT2D eigenvalue weighted by molar-refractivity contribution is 6.07. The van der Waals surface area contributed by atoms with Crippen LogP contribution in [0.4, 0.5) is 5.82 Å². The number of aromatic amines is 1. The molecule has 5 rings (SSSR count). The molecule has 0 radical (unpaired) electrons. The zero-order valence-electron chi connectivity index (χ0n) is 14.7. The third-order valence-electron chi connectivity index (χ3n) is 5.35. The number of nitrogens with zero attached hydrogens (tertiary/aromatic N) is 3. The Morgan fingerprint density at radius 2 is 1.96 bits per heavy atom. The quantitative estimate of drug-likeness (QED) is 0.751. The number of aryl methyl sites for hydroxylation is 1. The van der Waals surface area contributed by atoms with Crippen LogP contribution in [0.1, 0.15) is 34.6 Å². The number of benzene rings is 2. The van der Waals surface area contributed by atoms with Crippen molar-refractivity contribution in [2.75, 3.05) is 6.61 Å². The smallest absolute Gasteiger partial charge is 0.152 e. The molecule has 2 aliphatic heterocycles. The van der Waals surface area contributed by atoms with Crippen molar-refractivity contribution in [1.82, 2.24) is 10.2 Å². The van der Waals surface area contributed by atoms with Crippen LogP contribution < -0.4 is 4.74 Å². The van der Waals surface area contributed by atoms with Gasteiger partial charge in [-0.1, -0.05) is 48.5 Å². The van der Waals surface area contributed by atoms with Gasteiger partial charge in [0.2, 0.25) is 0 Å². The first-order valence-electron chi connectivity index (χ1n) is 9.18. The number of hydrogen-bond donors (Lipinski definition) is 1. The highest BCUT2D eigenvalue weighted by Crippen LogP contribution is 2.46. The molecule has 2 atom stereocenters. The number of hydrogen-bond acceptors (Lipinski definition) is 4. The summed E-state index contributed by atoms with van der Waals surface area (Å²) in [6.45, 7) is 0.714. The van der Waals surface area contributed by atoms with Gasteiger partial charge in [-0.05, 0) is 24.0 Å². The minimum Gasteiger partial charge on any atom is -0.493 e. The molecule has 3 aromatic rings. The fourth-order valence-electron chi connectivity index (χ4n) is 4.13. The largest absolute Gasteiger partial charge is 0.493 e. The Hall–Kier alpha value is -3.39. The fourth-order valence-corrected chi connectivity index (χ4v) is 4.13. The summed E-state index contributed by atoms with van der Waals surface area (Å²) in [6.07, 6.45) is 3.82. The van der Waals surface area contributed by atoms with E-state index in [1.165, 1.54) is 5.56 Å². The van der Waals surface area contributed by atoms with Crippen molar-refractivity contribution in [2.24, 2.45) is 10.9 Å².